The molecule has 0 fully saturated rings. The van der Waals surface area contributed by atoms with E-state index in [1.54, 1.807) is 19.3 Å². The van der Waals surface area contributed by atoms with Crippen molar-refractivity contribution in [1.82, 2.24) is 0 Å². The quantitative estimate of drug-likeness (QED) is 0.313. The highest BCUT2D eigenvalue weighted by Gasteiger charge is 1.90. The smallest absolute Gasteiger partial charge is 0.123 e. The largest absolute Gasteiger partial charge is 0.496 e. The molecule has 0 aromatic carbocycles. The predicted octanol–water partition coefficient (Wildman–Crippen LogP) is 2.22. The number of nitrogens with two attached hydrogens (primary N) is 1. The van der Waals surface area contributed by atoms with Crippen LogP contribution in [0.1, 0.15) is 27.2 Å². The van der Waals surface area contributed by atoms with E-state index in [1.165, 1.54) is 0 Å². The van der Waals surface area contributed by atoms with Crippen molar-refractivity contribution in [2.75, 3.05) is 20.3 Å². The molecule has 0 amide bonds. The lowest BCUT2D eigenvalue weighted by Gasteiger charge is -2.04. The summed E-state index contributed by atoms with van der Waals surface area (Å²) in [6.45, 7) is 6.99. The predicted molar refractivity (Wildman–Crippen MR) is 67.3 cm³/mol. The van der Waals surface area contributed by atoms with Crippen molar-refractivity contribution in [2.45, 2.75) is 27.2 Å². The molecule has 0 saturated heterocycles. The fourth-order valence-electron chi connectivity index (χ4n) is 0.874. The molecule has 0 heterocycles. The van der Waals surface area contributed by atoms with Gasteiger partial charge in [0.15, 0.2) is 0 Å². The van der Waals surface area contributed by atoms with Gasteiger partial charge in [0.25, 0.3) is 0 Å². The number of nitrogens with zero attached hydrogens (tertiary/aromatic N) is 1. The summed E-state index contributed by atoms with van der Waals surface area (Å²) in [4.78, 5) is 4.19. The molecule has 0 aliphatic rings. The molecular weight excluding hydrogens is 204 g/mol. The monoisotopic (exact) mass is 226 g/mol. The van der Waals surface area contributed by atoms with Crippen LogP contribution in [0.15, 0.2) is 28.7 Å². The maximum Gasteiger partial charge on any atom is 0.123 e. The first-order valence-corrected chi connectivity index (χ1v) is 5.40. The lowest BCUT2D eigenvalue weighted by molar-refractivity contribution is 0.110. The van der Waals surface area contributed by atoms with Crippen LogP contribution in [0.2, 0.25) is 0 Å². The summed E-state index contributed by atoms with van der Waals surface area (Å²) < 4.78 is 10.2. The molecule has 0 aromatic heterocycles. The van der Waals surface area contributed by atoms with E-state index in [4.69, 9.17) is 15.2 Å². The Morgan fingerprint density at radius 3 is 2.50 bits per heavy atom. The zero-order valence-corrected chi connectivity index (χ0v) is 10.6. The van der Waals surface area contributed by atoms with Crippen LogP contribution in [0, 0.1) is 0 Å². The van der Waals surface area contributed by atoms with Gasteiger partial charge in [0.2, 0.25) is 0 Å². The van der Waals surface area contributed by atoms with Crippen molar-refractivity contribution in [1.29, 1.82) is 0 Å². The van der Waals surface area contributed by atoms with E-state index in [9.17, 15) is 0 Å². The van der Waals surface area contributed by atoms with Gasteiger partial charge in [-0.1, -0.05) is 6.92 Å². The third-order valence-corrected chi connectivity index (χ3v) is 1.94. The summed E-state index contributed by atoms with van der Waals surface area (Å²) in [5.74, 6) is 1.29. The topological polar surface area (TPSA) is 56.8 Å². The highest BCUT2D eigenvalue weighted by atomic mass is 16.5. The van der Waals surface area contributed by atoms with Gasteiger partial charge in [0, 0.05) is 12.8 Å². The molecule has 92 valence electrons. The third kappa shape index (κ3) is 8.05. The second-order valence-corrected chi connectivity index (χ2v) is 3.41. The Morgan fingerprint density at radius 1 is 1.25 bits per heavy atom. The first kappa shape index (κ1) is 14.7. The Labute approximate surface area is 97.8 Å². The molecule has 0 bridgehead atoms. The Morgan fingerprint density at radius 2 is 1.94 bits per heavy atom. The zero-order valence-electron chi connectivity index (χ0n) is 10.6. The summed E-state index contributed by atoms with van der Waals surface area (Å²) in [5, 5.41) is 0. The van der Waals surface area contributed by atoms with Crippen molar-refractivity contribution in [3.05, 3.63) is 23.7 Å². The van der Waals surface area contributed by atoms with Crippen LogP contribution in [-0.4, -0.2) is 26.0 Å². The van der Waals surface area contributed by atoms with Crippen LogP contribution >= 0.6 is 0 Å². The van der Waals surface area contributed by atoms with E-state index in [0.29, 0.717) is 19.0 Å². The minimum atomic E-state index is 0.494. The number of ether oxygens (including phenoxy) is 2. The van der Waals surface area contributed by atoms with Crippen LogP contribution in [0.25, 0.3) is 0 Å². The second-order valence-electron chi connectivity index (χ2n) is 3.41. The van der Waals surface area contributed by atoms with Gasteiger partial charge < -0.3 is 15.2 Å². The van der Waals surface area contributed by atoms with E-state index in [1.807, 2.05) is 20.8 Å². The Hall–Kier alpha value is -1.29. The number of rotatable bonds is 7. The summed E-state index contributed by atoms with van der Waals surface area (Å²) in [6, 6.07) is 0. The fraction of sp³-hybridized carbons (Fsp3) is 0.583. The van der Waals surface area contributed by atoms with Gasteiger partial charge in [-0.05, 0) is 32.4 Å². The number of allylic oxidation sites excluding steroid dienone is 3. The average Bonchev–Trinajstić information content (AvgIpc) is 2.26. The SMILES string of the molecule is CCC(C)=N/C(N)=C\C=C(/C)OCCOC. The number of aliphatic imine (C=N–C) groups is 1. The summed E-state index contributed by atoms with van der Waals surface area (Å²) in [7, 11) is 1.64. The van der Waals surface area contributed by atoms with Gasteiger partial charge in [-0.3, -0.25) is 0 Å². The van der Waals surface area contributed by atoms with E-state index in [0.717, 1.165) is 17.9 Å². The Kier molecular flexibility index (Phi) is 8.25. The molecule has 4 nitrogen and oxygen atoms in total. The van der Waals surface area contributed by atoms with E-state index in [-0.39, 0.29) is 0 Å². The number of methoxy groups -OCH3 is 1. The lowest BCUT2D eigenvalue weighted by Crippen LogP contribution is -2.00. The molecule has 0 saturated carbocycles. The van der Waals surface area contributed by atoms with Crippen LogP contribution in [0.4, 0.5) is 0 Å². The Balaban J connectivity index is 4.16. The summed E-state index contributed by atoms with van der Waals surface area (Å²) in [6.07, 6.45) is 4.44. The van der Waals surface area contributed by atoms with Crippen LogP contribution in [0.5, 0.6) is 0 Å². The molecule has 0 radical (unpaired) electrons. The van der Waals surface area contributed by atoms with E-state index < -0.39 is 0 Å². The van der Waals surface area contributed by atoms with Crippen LogP contribution in [0.3, 0.4) is 0 Å². The molecule has 0 aliphatic heterocycles. The van der Waals surface area contributed by atoms with Gasteiger partial charge in [-0.2, -0.15) is 0 Å². The molecule has 0 unspecified atom stereocenters. The second kappa shape index (κ2) is 8.97. The fourth-order valence-corrected chi connectivity index (χ4v) is 0.874. The van der Waals surface area contributed by atoms with Crippen LogP contribution < -0.4 is 5.73 Å². The van der Waals surface area contributed by atoms with Gasteiger partial charge in [-0.15, -0.1) is 0 Å². The molecule has 0 rings (SSSR count). The minimum absolute atomic E-state index is 0.494. The molecule has 2 N–H and O–H groups in total. The van der Waals surface area contributed by atoms with Crippen molar-refractivity contribution < 1.29 is 9.47 Å². The Bertz CT molecular complexity index is 281. The molecule has 4 heteroatoms. The number of hydrogen-bond acceptors (Lipinski definition) is 4. The minimum Gasteiger partial charge on any atom is -0.496 e. The van der Waals surface area contributed by atoms with Crippen molar-refractivity contribution in [2.24, 2.45) is 10.7 Å². The molecule has 0 atom stereocenters. The first-order chi connectivity index (χ1) is 7.60. The average molecular weight is 226 g/mol. The van der Waals surface area contributed by atoms with E-state index in [2.05, 4.69) is 4.99 Å². The molecule has 0 aromatic rings. The summed E-state index contributed by atoms with van der Waals surface area (Å²) >= 11 is 0. The maximum absolute atomic E-state index is 5.70. The molecule has 0 aliphatic carbocycles. The van der Waals surface area contributed by atoms with Gasteiger partial charge in [0.05, 0.1) is 12.4 Å². The molecule has 16 heavy (non-hydrogen) atoms. The maximum atomic E-state index is 5.70. The zero-order chi connectivity index (χ0) is 12.4. The number of hydrogen-bond donors (Lipinski definition) is 1. The highest BCUT2D eigenvalue weighted by molar-refractivity contribution is 5.82. The van der Waals surface area contributed by atoms with Gasteiger partial charge in [0.1, 0.15) is 12.4 Å². The molecular formula is C12H22N2O2. The van der Waals surface area contributed by atoms with Gasteiger partial charge >= 0.3 is 0 Å². The normalized spacial score (nSPS) is 14.1. The highest BCUT2D eigenvalue weighted by Crippen LogP contribution is 1.98. The summed E-state index contributed by atoms with van der Waals surface area (Å²) in [5.41, 5.74) is 6.72. The third-order valence-electron chi connectivity index (χ3n) is 1.94. The first-order valence-electron chi connectivity index (χ1n) is 5.40. The van der Waals surface area contributed by atoms with Crippen LogP contribution in [-0.2, 0) is 9.47 Å². The van der Waals surface area contributed by atoms with Crippen molar-refractivity contribution in [3.63, 3.8) is 0 Å². The molecule has 0 spiro atoms. The standard InChI is InChI=1S/C12H22N2O2/c1-5-10(2)14-12(13)7-6-11(3)16-9-8-15-4/h6-7H,5,8-9,13H2,1-4H3/b11-6+,12-7-,14-10?. The van der Waals surface area contributed by atoms with Crippen molar-refractivity contribution >= 4 is 5.71 Å². The lowest BCUT2D eigenvalue weighted by atomic mass is 10.3. The van der Waals surface area contributed by atoms with Crippen molar-refractivity contribution in [3.8, 4) is 0 Å². The van der Waals surface area contributed by atoms with Gasteiger partial charge in [-0.25, -0.2) is 4.99 Å². The van der Waals surface area contributed by atoms with E-state index >= 15 is 0 Å².